The summed E-state index contributed by atoms with van der Waals surface area (Å²) in [5.41, 5.74) is 3.27. The lowest BCUT2D eigenvalue weighted by Crippen LogP contribution is -2.29. The van der Waals surface area contributed by atoms with E-state index < -0.39 is 0 Å². The van der Waals surface area contributed by atoms with Gasteiger partial charge in [-0.1, -0.05) is 55.1 Å². The van der Waals surface area contributed by atoms with E-state index >= 15 is 0 Å². The Morgan fingerprint density at radius 1 is 0.969 bits per heavy atom. The number of thiocarbonyl (C=S) groups is 1. The molecule has 3 heterocycles. The molecule has 0 unspecified atom stereocenters. The molecule has 0 saturated carbocycles. The molecule has 4 nitrogen and oxygen atoms in total. The minimum Gasteiger partial charge on any atom is -0.452 e. The molecule has 1 fully saturated rings. The van der Waals surface area contributed by atoms with Crippen molar-refractivity contribution in [2.75, 3.05) is 4.90 Å². The average molecular weight is 458 g/mol. The molecule has 6 heteroatoms. The highest BCUT2D eigenvalue weighted by Crippen LogP contribution is 2.43. The molecule has 0 aliphatic carbocycles. The van der Waals surface area contributed by atoms with E-state index in [2.05, 4.69) is 64.6 Å². The van der Waals surface area contributed by atoms with Crippen LogP contribution >= 0.6 is 24.0 Å². The van der Waals surface area contributed by atoms with E-state index in [9.17, 15) is 0 Å². The van der Waals surface area contributed by atoms with Crippen LogP contribution in [0.25, 0.3) is 0 Å². The zero-order valence-corrected chi connectivity index (χ0v) is 19.3. The van der Waals surface area contributed by atoms with Crippen LogP contribution in [0.1, 0.15) is 36.0 Å². The van der Waals surface area contributed by atoms with Gasteiger partial charge in [0.1, 0.15) is 11.8 Å². The Kier molecular flexibility index (Phi) is 5.97. The molecule has 0 radical (unpaired) electrons. The van der Waals surface area contributed by atoms with E-state index in [-0.39, 0.29) is 12.1 Å². The third-order valence-corrected chi connectivity index (χ3v) is 6.82. The van der Waals surface area contributed by atoms with Crippen molar-refractivity contribution >= 4 is 34.8 Å². The maximum Gasteiger partial charge on any atom is 0.174 e. The summed E-state index contributed by atoms with van der Waals surface area (Å²) in [6.45, 7) is 2.16. The van der Waals surface area contributed by atoms with Crippen molar-refractivity contribution in [3.05, 3.63) is 108 Å². The molecule has 1 saturated heterocycles. The van der Waals surface area contributed by atoms with Crippen LogP contribution in [-0.4, -0.2) is 10.1 Å². The van der Waals surface area contributed by atoms with E-state index in [1.54, 1.807) is 11.8 Å². The first kappa shape index (κ1) is 20.8. The Labute approximate surface area is 197 Å². The Balaban J connectivity index is 1.52. The number of hydrogen-bond acceptors (Lipinski definition) is 4. The van der Waals surface area contributed by atoms with Crippen molar-refractivity contribution in [2.24, 2.45) is 0 Å². The number of aryl methyl sites for hydroxylation is 1. The molecule has 0 bridgehead atoms. The fourth-order valence-corrected chi connectivity index (χ4v) is 5.11. The Morgan fingerprint density at radius 2 is 1.75 bits per heavy atom. The van der Waals surface area contributed by atoms with Crippen molar-refractivity contribution in [3.8, 4) is 0 Å². The average Bonchev–Trinajstić information content (AvgIpc) is 3.44. The first-order valence-electron chi connectivity index (χ1n) is 10.6. The van der Waals surface area contributed by atoms with Crippen LogP contribution in [0.5, 0.6) is 0 Å². The summed E-state index contributed by atoms with van der Waals surface area (Å²) >= 11 is 7.40. The van der Waals surface area contributed by atoms with Crippen molar-refractivity contribution in [1.29, 1.82) is 0 Å². The van der Waals surface area contributed by atoms with Crippen molar-refractivity contribution < 1.29 is 4.42 Å². The summed E-state index contributed by atoms with van der Waals surface area (Å²) < 4.78 is 6.36. The first-order valence-corrected chi connectivity index (χ1v) is 11.9. The van der Waals surface area contributed by atoms with Crippen LogP contribution in [0, 0.1) is 0 Å². The van der Waals surface area contributed by atoms with Crippen LogP contribution in [0.2, 0.25) is 0 Å². The molecule has 1 N–H and O–H groups in total. The van der Waals surface area contributed by atoms with Gasteiger partial charge in [-0.05, 0) is 72.7 Å². The van der Waals surface area contributed by atoms with Crippen LogP contribution in [0.15, 0.2) is 106 Å². The molecular formula is C26H23N3OS2. The molecular weight excluding hydrogens is 434 g/mol. The molecule has 5 rings (SSSR count). The normalized spacial score (nSPS) is 18.0. The van der Waals surface area contributed by atoms with E-state index in [1.807, 2.05) is 48.7 Å². The van der Waals surface area contributed by atoms with Crippen LogP contribution in [-0.2, 0) is 6.42 Å². The summed E-state index contributed by atoms with van der Waals surface area (Å²) in [7, 11) is 0. The highest BCUT2D eigenvalue weighted by molar-refractivity contribution is 7.99. The van der Waals surface area contributed by atoms with Gasteiger partial charge in [-0.2, -0.15) is 0 Å². The zero-order chi connectivity index (χ0) is 21.9. The van der Waals surface area contributed by atoms with Gasteiger partial charge >= 0.3 is 0 Å². The minimum absolute atomic E-state index is 0.115. The fraction of sp³-hybridized carbons (Fsp3) is 0.154. The second kappa shape index (κ2) is 9.18. The molecule has 32 heavy (non-hydrogen) atoms. The Bertz CT molecular complexity index is 1190. The van der Waals surface area contributed by atoms with E-state index in [1.165, 1.54) is 5.56 Å². The lowest BCUT2D eigenvalue weighted by atomic mass is 10.0. The number of rotatable bonds is 6. The van der Waals surface area contributed by atoms with Gasteiger partial charge < -0.3 is 14.6 Å². The number of aromatic nitrogens is 1. The Hall–Kier alpha value is -3.09. The second-order valence-electron chi connectivity index (χ2n) is 7.59. The standard InChI is InChI=1S/C26H23N3OS2/c1-2-18-11-13-19(14-12-18)29-25(24(28-26(29)31)21-10-6-7-17-27-21)22-15-16-23(30-22)32-20-8-4-3-5-9-20/h3-17,24-25H,2H2,1H3,(H,28,31)/t24-,25-/m1/s1. The van der Waals surface area contributed by atoms with Crippen LogP contribution in [0.3, 0.4) is 0 Å². The number of anilines is 1. The molecule has 160 valence electrons. The molecule has 0 spiro atoms. The van der Waals surface area contributed by atoms with E-state index in [4.69, 9.17) is 16.6 Å². The smallest absolute Gasteiger partial charge is 0.174 e. The quantitative estimate of drug-likeness (QED) is 0.331. The Morgan fingerprint density at radius 3 is 2.47 bits per heavy atom. The molecule has 1 aliphatic heterocycles. The molecule has 2 aromatic carbocycles. The molecule has 1 aliphatic rings. The number of nitrogens with zero attached hydrogens (tertiary/aromatic N) is 2. The molecule has 2 atom stereocenters. The molecule has 0 amide bonds. The molecule has 2 aromatic heterocycles. The largest absolute Gasteiger partial charge is 0.452 e. The third kappa shape index (κ3) is 4.16. The first-order chi connectivity index (χ1) is 15.7. The predicted octanol–water partition coefficient (Wildman–Crippen LogP) is 6.57. The summed E-state index contributed by atoms with van der Waals surface area (Å²) in [6, 6.07) is 28.6. The van der Waals surface area contributed by atoms with Crippen molar-refractivity contribution in [3.63, 3.8) is 0 Å². The lowest BCUT2D eigenvalue weighted by molar-refractivity contribution is 0.383. The van der Waals surface area contributed by atoms with Gasteiger partial charge in [0, 0.05) is 16.8 Å². The predicted molar refractivity (Wildman–Crippen MR) is 133 cm³/mol. The maximum atomic E-state index is 6.36. The number of pyridine rings is 1. The number of benzene rings is 2. The number of furan rings is 1. The van der Waals surface area contributed by atoms with Gasteiger partial charge in [-0.15, -0.1) is 0 Å². The van der Waals surface area contributed by atoms with Gasteiger partial charge in [-0.3, -0.25) is 4.98 Å². The van der Waals surface area contributed by atoms with Gasteiger partial charge in [0.2, 0.25) is 0 Å². The number of hydrogen-bond donors (Lipinski definition) is 1. The van der Waals surface area contributed by atoms with Crippen molar-refractivity contribution in [1.82, 2.24) is 10.3 Å². The summed E-state index contributed by atoms with van der Waals surface area (Å²) in [6.07, 6.45) is 2.82. The topological polar surface area (TPSA) is 41.3 Å². The second-order valence-corrected chi connectivity index (χ2v) is 9.05. The third-order valence-electron chi connectivity index (χ3n) is 5.58. The fourth-order valence-electron chi connectivity index (χ4n) is 3.97. The summed E-state index contributed by atoms with van der Waals surface area (Å²) in [5, 5.41) is 5.00. The minimum atomic E-state index is -0.144. The van der Waals surface area contributed by atoms with Gasteiger partial charge in [0.05, 0.1) is 11.7 Å². The van der Waals surface area contributed by atoms with Crippen molar-refractivity contribution in [2.45, 2.75) is 35.4 Å². The van der Waals surface area contributed by atoms with E-state index in [0.717, 1.165) is 33.6 Å². The highest BCUT2D eigenvalue weighted by atomic mass is 32.2. The number of nitrogens with one attached hydrogen (secondary N) is 1. The molecule has 4 aromatic rings. The monoisotopic (exact) mass is 457 g/mol. The van der Waals surface area contributed by atoms with Crippen LogP contribution in [0.4, 0.5) is 5.69 Å². The van der Waals surface area contributed by atoms with E-state index in [0.29, 0.717) is 5.11 Å². The lowest BCUT2D eigenvalue weighted by Gasteiger charge is -2.26. The SMILES string of the molecule is CCc1ccc(N2C(=S)N[C@H](c3ccccn3)[C@H]2c2ccc(Sc3ccccc3)o2)cc1. The summed E-state index contributed by atoms with van der Waals surface area (Å²) in [4.78, 5) is 7.89. The zero-order valence-electron chi connectivity index (χ0n) is 17.6. The highest BCUT2D eigenvalue weighted by Gasteiger charge is 2.42. The van der Waals surface area contributed by atoms with Crippen LogP contribution < -0.4 is 10.2 Å². The van der Waals surface area contributed by atoms with Gasteiger partial charge in [0.25, 0.3) is 0 Å². The summed E-state index contributed by atoms with van der Waals surface area (Å²) in [5.74, 6) is 0.853. The maximum absolute atomic E-state index is 6.36. The van der Waals surface area contributed by atoms with Gasteiger partial charge in [-0.25, -0.2) is 0 Å². The van der Waals surface area contributed by atoms with Gasteiger partial charge in [0.15, 0.2) is 10.2 Å².